The Balaban J connectivity index is 2.90. The Morgan fingerprint density at radius 2 is 1.93 bits per heavy atom. The first-order valence-corrected chi connectivity index (χ1v) is 4.87. The first-order valence-electron chi connectivity index (χ1n) is 4.07. The van der Waals surface area contributed by atoms with Gasteiger partial charge in [0.05, 0.1) is 0 Å². The van der Waals surface area contributed by atoms with Crippen LogP contribution in [0.2, 0.25) is 0 Å². The summed E-state index contributed by atoms with van der Waals surface area (Å²) in [5, 5.41) is 0. The third-order valence-electron chi connectivity index (χ3n) is 1.91. The average molecular weight is 286 g/mol. The average Bonchev–Trinajstić information content (AvgIpc) is 2.09. The number of alkyl halides is 3. The maximum atomic E-state index is 13.1. The van der Waals surface area contributed by atoms with Gasteiger partial charge in [-0.25, -0.2) is 4.39 Å². The van der Waals surface area contributed by atoms with Gasteiger partial charge in [-0.2, -0.15) is 13.2 Å². The summed E-state index contributed by atoms with van der Waals surface area (Å²) in [4.78, 5) is 0. The molecular weight excluding hydrogens is 278 g/mol. The normalized spacial score (nSPS) is 14.0. The largest absolute Gasteiger partial charge is 0.403 e. The highest BCUT2D eigenvalue weighted by Crippen LogP contribution is 2.26. The number of hydrogen-bond donors (Lipinski definition) is 1. The smallest absolute Gasteiger partial charge is 0.320 e. The van der Waals surface area contributed by atoms with E-state index < -0.39 is 24.5 Å². The Hall–Kier alpha value is -0.620. The van der Waals surface area contributed by atoms with Gasteiger partial charge < -0.3 is 5.73 Å². The first kappa shape index (κ1) is 12.4. The number of nitrogens with two attached hydrogens (primary N) is 1. The molecule has 0 aliphatic carbocycles. The minimum Gasteiger partial charge on any atom is -0.320 e. The number of hydrogen-bond acceptors (Lipinski definition) is 1. The standard InChI is InChI=1S/C9H8BrF4N/c10-6-2-1-3-7(11)5(6)4-8(15)9(12,13)14/h1-3,8H,4,15H2. The fourth-order valence-electron chi connectivity index (χ4n) is 1.06. The van der Waals surface area contributed by atoms with E-state index in [2.05, 4.69) is 15.9 Å². The van der Waals surface area contributed by atoms with Crippen molar-refractivity contribution in [3.63, 3.8) is 0 Å². The van der Waals surface area contributed by atoms with Gasteiger partial charge in [0.25, 0.3) is 0 Å². The lowest BCUT2D eigenvalue weighted by atomic mass is 10.1. The van der Waals surface area contributed by atoms with Gasteiger partial charge in [0.1, 0.15) is 11.9 Å². The molecular formula is C9H8BrF4N. The van der Waals surface area contributed by atoms with Gasteiger partial charge in [0.15, 0.2) is 0 Å². The van der Waals surface area contributed by atoms with Gasteiger partial charge >= 0.3 is 6.18 Å². The summed E-state index contributed by atoms with van der Waals surface area (Å²) in [7, 11) is 0. The second kappa shape index (κ2) is 4.49. The molecule has 84 valence electrons. The monoisotopic (exact) mass is 285 g/mol. The van der Waals surface area contributed by atoms with E-state index in [0.717, 1.165) is 6.07 Å². The van der Waals surface area contributed by atoms with Crippen molar-refractivity contribution in [2.75, 3.05) is 0 Å². The van der Waals surface area contributed by atoms with Crippen LogP contribution in [-0.4, -0.2) is 12.2 Å². The molecule has 1 aromatic rings. The summed E-state index contributed by atoms with van der Waals surface area (Å²) < 4.78 is 49.8. The van der Waals surface area contributed by atoms with Gasteiger partial charge in [-0.05, 0) is 12.1 Å². The summed E-state index contributed by atoms with van der Waals surface area (Å²) >= 11 is 2.98. The second-order valence-electron chi connectivity index (χ2n) is 3.05. The molecule has 0 fully saturated rings. The predicted molar refractivity (Wildman–Crippen MR) is 51.8 cm³/mol. The molecule has 0 radical (unpaired) electrons. The number of benzene rings is 1. The van der Waals surface area contributed by atoms with Crippen molar-refractivity contribution in [3.8, 4) is 0 Å². The molecule has 1 nitrogen and oxygen atoms in total. The Bertz CT molecular complexity index is 330. The first-order chi connectivity index (χ1) is 6.82. The summed E-state index contributed by atoms with van der Waals surface area (Å²) in [6.07, 6.45) is -5.08. The summed E-state index contributed by atoms with van der Waals surface area (Å²) in [5.41, 5.74) is 4.85. The van der Waals surface area contributed by atoms with Crippen LogP contribution in [0.3, 0.4) is 0 Å². The van der Waals surface area contributed by atoms with E-state index in [1.54, 1.807) is 0 Å². The zero-order valence-electron chi connectivity index (χ0n) is 7.48. The molecule has 6 heteroatoms. The van der Waals surface area contributed by atoms with Crippen LogP contribution in [0.25, 0.3) is 0 Å². The van der Waals surface area contributed by atoms with E-state index in [4.69, 9.17) is 5.73 Å². The molecule has 1 unspecified atom stereocenters. The highest BCUT2D eigenvalue weighted by molar-refractivity contribution is 9.10. The molecule has 0 aromatic heterocycles. The van der Waals surface area contributed by atoms with Crippen molar-refractivity contribution in [3.05, 3.63) is 34.1 Å². The molecule has 0 heterocycles. The van der Waals surface area contributed by atoms with Crippen molar-refractivity contribution in [1.29, 1.82) is 0 Å². The lowest BCUT2D eigenvalue weighted by molar-refractivity contribution is -0.147. The molecule has 2 N–H and O–H groups in total. The van der Waals surface area contributed by atoms with Crippen LogP contribution in [0.15, 0.2) is 22.7 Å². The van der Waals surface area contributed by atoms with Crippen LogP contribution in [0.1, 0.15) is 5.56 Å². The van der Waals surface area contributed by atoms with Crippen LogP contribution >= 0.6 is 15.9 Å². The highest BCUT2D eigenvalue weighted by atomic mass is 79.9. The Labute approximate surface area is 92.4 Å². The van der Waals surface area contributed by atoms with Crippen molar-refractivity contribution in [2.24, 2.45) is 5.73 Å². The maximum absolute atomic E-state index is 13.1. The lowest BCUT2D eigenvalue weighted by Crippen LogP contribution is -2.39. The van der Waals surface area contributed by atoms with Crippen molar-refractivity contribution >= 4 is 15.9 Å². The van der Waals surface area contributed by atoms with E-state index in [-0.39, 0.29) is 5.56 Å². The van der Waals surface area contributed by atoms with Gasteiger partial charge in [-0.3, -0.25) is 0 Å². The number of rotatable bonds is 2. The topological polar surface area (TPSA) is 26.0 Å². The van der Waals surface area contributed by atoms with Crippen molar-refractivity contribution < 1.29 is 17.6 Å². The molecule has 1 atom stereocenters. The minimum atomic E-state index is -4.51. The highest BCUT2D eigenvalue weighted by Gasteiger charge is 2.37. The zero-order valence-corrected chi connectivity index (χ0v) is 9.07. The molecule has 0 amide bonds. The van der Waals surface area contributed by atoms with Gasteiger partial charge in [0, 0.05) is 16.5 Å². The van der Waals surface area contributed by atoms with Gasteiger partial charge in [-0.15, -0.1) is 0 Å². The predicted octanol–water partition coefficient (Wildman–Crippen LogP) is 3.02. The molecule has 0 saturated heterocycles. The van der Waals surface area contributed by atoms with Crippen LogP contribution in [-0.2, 0) is 6.42 Å². The summed E-state index contributed by atoms with van der Waals surface area (Å²) in [5.74, 6) is -0.691. The van der Waals surface area contributed by atoms with E-state index in [1.807, 2.05) is 0 Å². The van der Waals surface area contributed by atoms with Gasteiger partial charge in [-0.1, -0.05) is 22.0 Å². The van der Waals surface area contributed by atoms with E-state index in [0.29, 0.717) is 4.47 Å². The molecule has 0 spiro atoms. The SMILES string of the molecule is NC(Cc1c(F)cccc1Br)C(F)(F)F. The van der Waals surface area contributed by atoms with Gasteiger partial charge in [0.2, 0.25) is 0 Å². The van der Waals surface area contributed by atoms with Crippen LogP contribution in [0, 0.1) is 5.82 Å². The maximum Gasteiger partial charge on any atom is 0.403 e. The van der Waals surface area contributed by atoms with Crippen molar-refractivity contribution in [1.82, 2.24) is 0 Å². The van der Waals surface area contributed by atoms with Crippen LogP contribution in [0.4, 0.5) is 17.6 Å². The lowest BCUT2D eigenvalue weighted by Gasteiger charge is -2.16. The molecule has 1 rings (SSSR count). The quantitative estimate of drug-likeness (QED) is 0.831. The second-order valence-corrected chi connectivity index (χ2v) is 3.91. The molecule has 15 heavy (non-hydrogen) atoms. The third kappa shape index (κ3) is 3.17. The Morgan fingerprint density at radius 3 is 2.40 bits per heavy atom. The van der Waals surface area contributed by atoms with E-state index in [9.17, 15) is 17.6 Å². The zero-order chi connectivity index (χ0) is 11.6. The van der Waals surface area contributed by atoms with Crippen LogP contribution < -0.4 is 5.73 Å². The molecule has 0 saturated carbocycles. The fourth-order valence-corrected chi connectivity index (χ4v) is 1.57. The van der Waals surface area contributed by atoms with Crippen LogP contribution in [0.5, 0.6) is 0 Å². The van der Waals surface area contributed by atoms with Crippen molar-refractivity contribution in [2.45, 2.75) is 18.6 Å². The molecule has 1 aromatic carbocycles. The van der Waals surface area contributed by atoms with E-state index >= 15 is 0 Å². The summed E-state index contributed by atoms with van der Waals surface area (Å²) in [6.45, 7) is 0. The number of halogens is 5. The molecule has 0 bridgehead atoms. The molecule has 0 aliphatic rings. The summed E-state index contributed by atoms with van der Waals surface area (Å²) in [6, 6.07) is 1.93. The third-order valence-corrected chi connectivity index (χ3v) is 2.65. The Kier molecular flexibility index (Phi) is 3.72. The fraction of sp³-hybridized carbons (Fsp3) is 0.333. The Morgan fingerprint density at radius 1 is 1.33 bits per heavy atom. The molecule has 0 aliphatic heterocycles. The van der Waals surface area contributed by atoms with E-state index in [1.165, 1.54) is 12.1 Å². The minimum absolute atomic E-state index is 0.0534.